The van der Waals surface area contributed by atoms with Gasteiger partial charge in [-0.05, 0) is 65.7 Å². The minimum atomic E-state index is -0.678. The van der Waals surface area contributed by atoms with Crippen molar-refractivity contribution in [2.24, 2.45) is 10.1 Å². The van der Waals surface area contributed by atoms with Gasteiger partial charge < -0.3 is 10.1 Å². The number of amides is 2. The van der Waals surface area contributed by atoms with Crippen molar-refractivity contribution in [1.29, 1.82) is 0 Å². The van der Waals surface area contributed by atoms with Crippen LogP contribution in [0.5, 0.6) is 5.75 Å². The van der Waals surface area contributed by atoms with Crippen LogP contribution in [0.1, 0.15) is 30.0 Å². The van der Waals surface area contributed by atoms with Gasteiger partial charge >= 0.3 is 0 Å². The van der Waals surface area contributed by atoms with E-state index in [1.807, 2.05) is 24.3 Å². The van der Waals surface area contributed by atoms with Crippen LogP contribution in [-0.4, -0.2) is 40.1 Å². The molecule has 5 rings (SSSR count). The van der Waals surface area contributed by atoms with Gasteiger partial charge in [-0.15, -0.1) is 0 Å². The summed E-state index contributed by atoms with van der Waals surface area (Å²) in [5.74, 6) is -0.316. The van der Waals surface area contributed by atoms with Crippen LogP contribution in [0.25, 0.3) is 0 Å². The lowest BCUT2D eigenvalue weighted by molar-refractivity contribution is -0.121. The molecule has 188 valence electrons. The summed E-state index contributed by atoms with van der Waals surface area (Å²) in [6.07, 6.45) is 0.485. The number of thioether (sulfide) groups is 1. The molecule has 2 amide bonds. The number of hydrogen-bond donors (Lipinski definition) is 1. The number of hydrazone groups is 1. The van der Waals surface area contributed by atoms with Gasteiger partial charge in [0, 0.05) is 23.6 Å². The summed E-state index contributed by atoms with van der Waals surface area (Å²) in [4.78, 5) is 29.6. The van der Waals surface area contributed by atoms with Crippen LogP contribution < -0.4 is 10.1 Å². The molecule has 0 fully saturated rings. The smallest absolute Gasteiger partial charge is 0.262 e. The Hall–Kier alpha value is -3.69. The van der Waals surface area contributed by atoms with Gasteiger partial charge in [0.25, 0.3) is 5.91 Å². The minimum Gasteiger partial charge on any atom is -0.497 e. The number of carbonyl (C=O) groups is 2. The summed E-state index contributed by atoms with van der Waals surface area (Å²) >= 11 is 7.19. The van der Waals surface area contributed by atoms with Crippen LogP contribution in [0.4, 0.5) is 10.1 Å². The van der Waals surface area contributed by atoms with Crippen molar-refractivity contribution >= 4 is 51.7 Å². The van der Waals surface area contributed by atoms with E-state index in [4.69, 9.17) is 21.4 Å². The summed E-state index contributed by atoms with van der Waals surface area (Å²) in [6.45, 7) is 0. The Morgan fingerprint density at radius 1 is 1.16 bits per heavy atom. The third-order valence-corrected chi connectivity index (χ3v) is 7.37. The second kappa shape index (κ2) is 10.7. The first-order valence-corrected chi connectivity index (χ1v) is 12.8. The average molecular weight is 537 g/mol. The Kier molecular flexibility index (Phi) is 7.25. The van der Waals surface area contributed by atoms with E-state index >= 15 is 0 Å². The molecule has 1 N–H and O–H groups in total. The summed E-state index contributed by atoms with van der Waals surface area (Å²) < 4.78 is 18.9. The molecule has 3 aromatic carbocycles. The molecular formula is C27H22ClFN4O3S. The molecule has 0 unspecified atom stereocenters. The normalized spacial score (nSPS) is 19.0. The van der Waals surface area contributed by atoms with Gasteiger partial charge in [0.15, 0.2) is 5.17 Å². The van der Waals surface area contributed by atoms with E-state index in [2.05, 4.69) is 10.3 Å². The second-order valence-electron chi connectivity index (χ2n) is 8.49. The third kappa shape index (κ3) is 5.68. The summed E-state index contributed by atoms with van der Waals surface area (Å²) in [6, 6.07) is 20.3. The highest BCUT2D eigenvalue weighted by Gasteiger charge is 2.39. The van der Waals surface area contributed by atoms with Gasteiger partial charge in [-0.2, -0.15) is 10.1 Å². The summed E-state index contributed by atoms with van der Waals surface area (Å²) in [7, 11) is 1.60. The molecule has 0 saturated carbocycles. The maximum Gasteiger partial charge on any atom is 0.262 e. The van der Waals surface area contributed by atoms with Crippen molar-refractivity contribution < 1.29 is 18.7 Å². The Bertz CT molecular complexity index is 1400. The zero-order valence-corrected chi connectivity index (χ0v) is 21.3. The summed E-state index contributed by atoms with van der Waals surface area (Å²) in [5.41, 5.74) is 3.10. The highest BCUT2D eigenvalue weighted by molar-refractivity contribution is 8.15. The lowest BCUT2D eigenvalue weighted by atomic mass is 9.98. The maximum absolute atomic E-state index is 13.6. The van der Waals surface area contributed by atoms with Gasteiger partial charge in [-0.1, -0.05) is 41.6 Å². The SMILES string of the molecule is COc1ccc(C2=NN(C3=NC(=O)[C@H](CC(=O)Nc4cccc(Cl)c4)S3)[C@H](c3ccc(F)cc3)C2)cc1. The number of ether oxygens (including phenoxy) is 1. The van der Waals surface area contributed by atoms with Crippen molar-refractivity contribution in [3.63, 3.8) is 0 Å². The van der Waals surface area contributed by atoms with Crippen LogP contribution in [0.3, 0.4) is 0 Å². The standard InChI is InChI=1S/C27H22ClFN4O3S/c1-36-21-11-7-16(8-12-21)22-14-23(17-5-9-19(29)10-6-17)33(32-22)27-31-26(35)24(37-27)15-25(34)30-20-4-2-3-18(28)13-20/h2-13,23-24H,14-15H2,1H3,(H,30,34)/t23-,24-/m0/s1. The Morgan fingerprint density at radius 3 is 2.62 bits per heavy atom. The lowest BCUT2D eigenvalue weighted by Gasteiger charge is -2.23. The first-order chi connectivity index (χ1) is 17.9. The van der Waals surface area contributed by atoms with E-state index in [1.54, 1.807) is 48.5 Å². The van der Waals surface area contributed by atoms with Crippen molar-refractivity contribution in [3.8, 4) is 5.75 Å². The number of aliphatic imine (C=N–C) groups is 1. The fourth-order valence-corrected chi connectivity index (χ4v) is 5.39. The molecule has 0 bridgehead atoms. The number of nitrogens with zero attached hydrogens (tertiary/aromatic N) is 3. The molecule has 0 aromatic heterocycles. The van der Waals surface area contributed by atoms with E-state index in [9.17, 15) is 14.0 Å². The number of rotatable bonds is 6. The molecule has 7 nitrogen and oxygen atoms in total. The first kappa shape index (κ1) is 25.0. The number of anilines is 1. The fourth-order valence-electron chi connectivity index (χ4n) is 4.14. The van der Waals surface area contributed by atoms with E-state index in [1.165, 1.54) is 23.9 Å². The molecular weight excluding hydrogens is 515 g/mol. The molecule has 2 heterocycles. The zero-order valence-electron chi connectivity index (χ0n) is 19.7. The molecule has 2 aliphatic rings. The quantitative estimate of drug-likeness (QED) is 0.439. The monoisotopic (exact) mass is 536 g/mol. The van der Waals surface area contributed by atoms with Crippen LogP contribution in [0, 0.1) is 5.82 Å². The van der Waals surface area contributed by atoms with E-state index in [0.717, 1.165) is 22.6 Å². The van der Waals surface area contributed by atoms with Crippen molar-refractivity contribution in [1.82, 2.24) is 5.01 Å². The van der Waals surface area contributed by atoms with Crippen LogP contribution in [0.2, 0.25) is 5.02 Å². The number of halogens is 2. The van der Waals surface area contributed by atoms with Crippen molar-refractivity contribution in [2.75, 3.05) is 12.4 Å². The molecule has 0 spiro atoms. The van der Waals surface area contributed by atoms with Gasteiger partial charge in [-0.25, -0.2) is 9.40 Å². The highest BCUT2D eigenvalue weighted by Crippen LogP contribution is 2.38. The average Bonchev–Trinajstić information content (AvgIpc) is 3.48. The molecule has 2 atom stereocenters. The Morgan fingerprint density at radius 2 is 1.92 bits per heavy atom. The minimum absolute atomic E-state index is 0.0485. The largest absolute Gasteiger partial charge is 0.497 e. The Labute approximate surface area is 222 Å². The molecule has 0 aliphatic carbocycles. The van der Waals surface area contributed by atoms with Crippen LogP contribution >= 0.6 is 23.4 Å². The topological polar surface area (TPSA) is 83.4 Å². The van der Waals surface area contributed by atoms with Gasteiger partial charge in [0.05, 0.1) is 18.9 Å². The van der Waals surface area contributed by atoms with E-state index < -0.39 is 11.2 Å². The second-order valence-corrected chi connectivity index (χ2v) is 10.1. The first-order valence-electron chi connectivity index (χ1n) is 11.5. The molecule has 0 radical (unpaired) electrons. The zero-order chi connectivity index (χ0) is 25.9. The molecule has 2 aliphatic heterocycles. The lowest BCUT2D eigenvalue weighted by Crippen LogP contribution is -2.25. The number of benzene rings is 3. The predicted molar refractivity (Wildman–Crippen MR) is 144 cm³/mol. The summed E-state index contributed by atoms with van der Waals surface area (Å²) in [5, 5.41) is 9.49. The number of nitrogens with one attached hydrogen (secondary N) is 1. The van der Waals surface area contributed by atoms with Gasteiger partial charge in [0.2, 0.25) is 5.91 Å². The molecule has 3 aromatic rings. The van der Waals surface area contributed by atoms with Gasteiger partial charge in [0.1, 0.15) is 16.8 Å². The van der Waals surface area contributed by atoms with Crippen LogP contribution in [-0.2, 0) is 9.59 Å². The van der Waals surface area contributed by atoms with E-state index in [0.29, 0.717) is 22.3 Å². The number of hydrogen-bond acceptors (Lipinski definition) is 6. The number of carbonyl (C=O) groups excluding carboxylic acids is 2. The highest BCUT2D eigenvalue weighted by atomic mass is 35.5. The Balaban J connectivity index is 1.35. The maximum atomic E-state index is 13.6. The third-order valence-electron chi connectivity index (χ3n) is 5.99. The molecule has 10 heteroatoms. The number of methoxy groups -OCH3 is 1. The molecule has 37 heavy (non-hydrogen) atoms. The fraction of sp³-hybridized carbons (Fsp3) is 0.185. The van der Waals surface area contributed by atoms with Crippen molar-refractivity contribution in [2.45, 2.75) is 24.1 Å². The van der Waals surface area contributed by atoms with Crippen LogP contribution in [0.15, 0.2) is 82.9 Å². The number of amidine groups is 1. The van der Waals surface area contributed by atoms with Crippen molar-refractivity contribution in [3.05, 3.63) is 94.8 Å². The predicted octanol–water partition coefficient (Wildman–Crippen LogP) is 5.67. The van der Waals surface area contributed by atoms with E-state index in [-0.39, 0.29) is 24.2 Å². The van der Waals surface area contributed by atoms with Gasteiger partial charge in [-0.3, -0.25) is 9.59 Å². The molecule has 0 saturated heterocycles.